The van der Waals surface area contributed by atoms with Gasteiger partial charge in [0.25, 0.3) is 5.91 Å². The minimum Gasteiger partial charge on any atom is -0.353 e. The molecule has 2 aliphatic heterocycles. The Morgan fingerprint density at radius 3 is 2.75 bits per heavy atom. The molecule has 0 radical (unpaired) electrons. The number of piperazine rings is 1. The van der Waals surface area contributed by atoms with Gasteiger partial charge in [-0.1, -0.05) is 24.3 Å². The lowest BCUT2D eigenvalue weighted by atomic mass is 9.96. The summed E-state index contributed by atoms with van der Waals surface area (Å²) in [6.45, 7) is 4.85. The number of fused-ring (bicyclic) bond motifs is 1. The van der Waals surface area contributed by atoms with Crippen molar-refractivity contribution in [1.82, 2.24) is 9.88 Å². The molecule has 1 aliphatic carbocycles. The number of carbonyl (C=O) groups is 2. The smallest absolute Gasteiger partial charge is 0.260 e. The van der Waals surface area contributed by atoms with E-state index in [1.807, 2.05) is 48.3 Å². The summed E-state index contributed by atoms with van der Waals surface area (Å²) in [5, 5.41) is 0. The van der Waals surface area contributed by atoms with Gasteiger partial charge >= 0.3 is 0 Å². The Bertz CT molecular complexity index is 907. The summed E-state index contributed by atoms with van der Waals surface area (Å²) in [7, 11) is 0. The van der Waals surface area contributed by atoms with Crippen LogP contribution in [0.4, 0.5) is 5.82 Å². The van der Waals surface area contributed by atoms with Gasteiger partial charge in [-0.3, -0.25) is 9.59 Å². The molecule has 0 saturated carbocycles. The number of anilines is 1. The van der Waals surface area contributed by atoms with Crippen molar-refractivity contribution < 1.29 is 9.59 Å². The van der Waals surface area contributed by atoms with Crippen LogP contribution in [0.1, 0.15) is 18.5 Å². The Hall–Kier alpha value is -3.09. The van der Waals surface area contributed by atoms with E-state index in [4.69, 9.17) is 0 Å². The molecular formula is C21H23N5O2. The second-order valence-electron chi connectivity index (χ2n) is 7.13. The maximum atomic E-state index is 12.6. The van der Waals surface area contributed by atoms with E-state index >= 15 is 0 Å². The number of pyridine rings is 1. The fraction of sp³-hybridized carbons (Fsp3) is 0.381. The topological polar surface area (TPSA) is 78.2 Å². The molecule has 28 heavy (non-hydrogen) atoms. The molecule has 0 aromatic carbocycles. The number of carbonyl (C=O) groups excluding carboxylic acids is 2. The summed E-state index contributed by atoms with van der Waals surface area (Å²) in [6.07, 6.45) is 8.03. The van der Waals surface area contributed by atoms with Gasteiger partial charge in [0.05, 0.1) is 5.71 Å². The van der Waals surface area contributed by atoms with E-state index in [0.717, 1.165) is 24.6 Å². The number of nitrogens with zero attached hydrogens (tertiary/aromatic N) is 5. The van der Waals surface area contributed by atoms with Crippen LogP contribution in [0, 0.1) is 12.8 Å². The van der Waals surface area contributed by atoms with Gasteiger partial charge in [0.2, 0.25) is 5.91 Å². The summed E-state index contributed by atoms with van der Waals surface area (Å²) in [5.74, 6) is 0.919. The summed E-state index contributed by atoms with van der Waals surface area (Å²) < 4.78 is 0. The van der Waals surface area contributed by atoms with Crippen molar-refractivity contribution >= 4 is 29.2 Å². The minimum absolute atomic E-state index is 0.0772. The molecule has 1 fully saturated rings. The predicted octanol–water partition coefficient (Wildman–Crippen LogP) is 1.94. The van der Waals surface area contributed by atoms with E-state index in [2.05, 4.69) is 19.9 Å². The van der Waals surface area contributed by atoms with E-state index in [9.17, 15) is 9.59 Å². The zero-order valence-corrected chi connectivity index (χ0v) is 15.9. The van der Waals surface area contributed by atoms with Crippen LogP contribution in [-0.4, -0.2) is 59.4 Å². The number of aryl methyl sites for hydroxylation is 1. The van der Waals surface area contributed by atoms with Gasteiger partial charge in [-0.15, -0.1) is 0 Å². The summed E-state index contributed by atoms with van der Waals surface area (Å²) in [4.78, 5) is 41.8. The Morgan fingerprint density at radius 1 is 1.14 bits per heavy atom. The van der Waals surface area contributed by atoms with E-state index in [0.29, 0.717) is 37.5 Å². The van der Waals surface area contributed by atoms with E-state index in [-0.39, 0.29) is 17.7 Å². The highest BCUT2D eigenvalue weighted by atomic mass is 16.2. The molecule has 1 saturated heterocycles. The molecule has 0 bridgehead atoms. The molecule has 1 aromatic heterocycles. The lowest BCUT2D eigenvalue weighted by Gasteiger charge is -2.35. The first-order chi connectivity index (χ1) is 13.6. The third-order valence-corrected chi connectivity index (χ3v) is 5.16. The quantitative estimate of drug-likeness (QED) is 0.803. The maximum Gasteiger partial charge on any atom is 0.260 e. The first kappa shape index (κ1) is 18.3. The molecule has 7 nitrogen and oxygen atoms in total. The Balaban J connectivity index is 1.30. The first-order valence-electron chi connectivity index (χ1n) is 9.61. The van der Waals surface area contributed by atoms with Crippen molar-refractivity contribution in [1.29, 1.82) is 0 Å². The van der Waals surface area contributed by atoms with Gasteiger partial charge in [0, 0.05) is 44.7 Å². The van der Waals surface area contributed by atoms with E-state index in [1.54, 1.807) is 6.08 Å². The Labute approximate surface area is 164 Å². The SMILES string of the molecule is Cc1cccc(N2CCN(C(=O)CCC3=NC(=O)C4C=CC=CC4=N3)CC2)n1. The van der Waals surface area contributed by atoms with Crippen LogP contribution in [0.3, 0.4) is 0 Å². The van der Waals surface area contributed by atoms with Crippen molar-refractivity contribution in [2.75, 3.05) is 31.1 Å². The summed E-state index contributed by atoms with van der Waals surface area (Å²) in [5.41, 5.74) is 1.70. The molecule has 0 spiro atoms. The first-order valence-corrected chi connectivity index (χ1v) is 9.61. The molecule has 1 aromatic rings. The molecular weight excluding hydrogens is 354 g/mol. The van der Waals surface area contributed by atoms with Crippen molar-refractivity contribution in [2.45, 2.75) is 19.8 Å². The fourth-order valence-electron chi connectivity index (χ4n) is 3.60. The molecule has 1 atom stereocenters. The Morgan fingerprint density at radius 2 is 1.96 bits per heavy atom. The van der Waals surface area contributed by atoms with Gasteiger partial charge < -0.3 is 9.80 Å². The number of allylic oxidation sites excluding steroid dienone is 3. The number of hydrogen-bond acceptors (Lipinski definition) is 5. The highest BCUT2D eigenvalue weighted by Crippen LogP contribution is 2.18. The second kappa shape index (κ2) is 7.88. The van der Waals surface area contributed by atoms with Crippen LogP contribution in [0.15, 0.2) is 52.5 Å². The van der Waals surface area contributed by atoms with Crippen molar-refractivity contribution in [3.8, 4) is 0 Å². The van der Waals surface area contributed by atoms with E-state index in [1.165, 1.54) is 0 Å². The molecule has 2 amide bonds. The average molecular weight is 377 g/mol. The van der Waals surface area contributed by atoms with Gasteiger partial charge in [0.15, 0.2) is 0 Å². The predicted molar refractivity (Wildman–Crippen MR) is 109 cm³/mol. The van der Waals surface area contributed by atoms with Crippen molar-refractivity contribution in [3.05, 3.63) is 48.2 Å². The van der Waals surface area contributed by atoms with Crippen LogP contribution in [0.5, 0.6) is 0 Å². The van der Waals surface area contributed by atoms with Crippen LogP contribution < -0.4 is 4.90 Å². The molecule has 4 rings (SSSR count). The zero-order chi connectivity index (χ0) is 19.5. The van der Waals surface area contributed by atoms with Crippen LogP contribution in [0.2, 0.25) is 0 Å². The lowest BCUT2D eigenvalue weighted by molar-refractivity contribution is -0.131. The fourth-order valence-corrected chi connectivity index (χ4v) is 3.60. The summed E-state index contributed by atoms with van der Waals surface area (Å²) in [6, 6.07) is 5.99. The number of amidine groups is 1. The number of aliphatic imine (C=N–C) groups is 2. The summed E-state index contributed by atoms with van der Waals surface area (Å²) >= 11 is 0. The van der Waals surface area contributed by atoms with Gasteiger partial charge in [-0.2, -0.15) is 4.99 Å². The third-order valence-electron chi connectivity index (χ3n) is 5.16. The minimum atomic E-state index is -0.368. The second-order valence-corrected chi connectivity index (χ2v) is 7.13. The molecule has 0 N–H and O–H groups in total. The monoisotopic (exact) mass is 377 g/mol. The van der Waals surface area contributed by atoms with E-state index < -0.39 is 0 Å². The normalized spacial score (nSPS) is 21.3. The maximum absolute atomic E-state index is 12.6. The van der Waals surface area contributed by atoms with Crippen LogP contribution in [0.25, 0.3) is 0 Å². The zero-order valence-electron chi connectivity index (χ0n) is 15.9. The average Bonchev–Trinajstić information content (AvgIpc) is 2.72. The van der Waals surface area contributed by atoms with Crippen molar-refractivity contribution in [3.63, 3.8) is 0 Å². The Kier molecular flexibility index (Phi) is 5.14. The highest BCUT2D eigenvalue weighted by Gasteiger charge is 2.27. The number of aromatic nitrogens is 1. The highest BCUT2D eigenvalue weighted by molar-refractivity contribution is 6.21. The number of hydrogen-bond donors (Lipinski definition) is 0. The number of rotatable bonds is 4. The lowest BCUT2D eigenvalue weighted by Crippen LogP contribution is -2.49. The van der Waals surface area contributed by atoms with Gasteiger partial charge in [-0.05, 0) is 25.1 Å². The van der Waals surface area contributed by atoms with Crippen molar-refractivity contribution in [2.24, 2.45) is 15.9 Å². The van der Waals surface area contributed by atoms with Gasteiger partial charge in [-0.25, -0.2) is 9.98 Å². The standard InChI is InChI=1S/C21H23N5O2/c1-15-5-4-8-19(22-15)25-11-13-26(14-12-25)20(27)10-9-18-23-17-7-3-2-6-16(17)21(28)24-18/h2-8,16H,9-14H2,1H3. The molecule has 1 unspecified atom stereocenters. The molecule has 3 aliphatic rings. The van der Waals surface area contributed by atoms with Crippen LogP contribution >= 0.6 is 0 Å². The molecule has 3 heterocycles. The third kappa shape index (κ3) is 3.93. The number of amides is 2. The van der Waals surface area contributed by atoms with Gasteiger partial charge in [0.1, 0.15) is 17.6 Å². The largest absolute Gasteiger partial charge is 0.353 e. The molecule has 7 heteroatoms. The van der Waals surface area contributed by atoms with Crippen LogP contribution in [-0.2, 0) is 9.59 Å². The molecule has 144 valence electrons.